The van der Waals surface area contributed by atoms with Crippen molar-refractivity contribution in [1.82, 2.24) is 0 Å². The summed E-state index contributed by atoms with van der Waals surface area (Å²) >= 11 is 0. The predicted octanol–water partition coefficient (Wildman–Crippen LogP) is 3.71. The van der Waals surface area contributed by atoms with E-state index in [1.54, 1.807) is 26.0 Å². The van der Waals surface area contributed by atoms with Gasteiger partial charge in [0.05, 0.1) is 6.61 Å². The zero-order valence-corrected chi connectivity index (χ0v) is 17.1. The van der Waals surface area contributed by atoms with E-state index in [9.17, 15) is 9.59 Å². The van der Waals surface area contributed by atoms with Crippen molar-refractivity contribution >= 4 is 11.9 Å². The van der Waals surface area contributed by atoms with Crippen LogP contribution in [0.25, 0.3) is 0 Å². The van der Waals surface area contributed by atoms with Crippen LogP contribution >= 0.6 is 0 Å². The van der Waals surface area contributed by atoms with Crippen LogP contribution in [0.2, 0.25) is 0 Å². The van der Waals surface area contributed by atoms with E-state index in [2.05, 4.69) is 0 Å². The number of benzene rings is 2. The van der Waals surface area contributed by atoms with Gasteiger partial charge in [-0.25, -0.2) is 9.59 Å². The van der Waals surface area contributed by atoms with Crippen LogP contribution in [-0.2, 0) is 36.8 Å². The number of hydrogen-bond donors (Lipinski definition) is 0. The Hall–Kier alpha value is -2.86. The van der Waals surface area contributed by atoms with Gasteiger partial charge in [-0.3, -0.25) is 0 Å². The lowest BCUT2D eigenvalue weighted by Gasteiger charge is -2.17. The molecule has 0 fully saturated rings. The third-order valence-corrected chi connectivity index (χ3v) is 4.13. The summed E-state index contributed by atoms with van der Waals surface area (Å²) in [6.45, 7) is 6.19. The van der Waals surface area contributed by atoms with E-state index in [0.29, 0.717) is 25.4 Å². The van der Waals surface area contributed by atoms with Crippen LogP contribution in [0.5, 0.6) is 5.75 Å². The Morgan fingerprint density at radius 2 is 1.52 bits per heavy atom. The molecule has 0 saturated carbocycles. The van der Waals surface area contributed by atoms with Crippen molar-refractivity contribution in [1.29, 1.82) is 0 Å². The zero-order valence-electron chi connectivity index (χ0n) is 17.1. The summed E-state index contributed by atoms with van der Waals surface area (Å²) in [6.07, 6.45) is -0.972. The van der Waals surface area contributed by atoms with Gasteiger partial charge < -0.3 is 18.9 Å². The summed E-state index contributed by atoms with van der Waals surface area (Å²) in [5.41, 5.74) is 1.83. The molecule has 0 radical (unpaired) electrons. The molecule has 2 aromatic carbocycles. The molecule has 6 nitrogen and oxygen atoms in total. The van der Waals surface area contributed by atoms with Crippen molar-refractivity contribution < 1.29 is 28.5 Å². The zero-order chi connectivity index (χ0) is 21.1. The molecule has 0 N–H and O–H groups in total. The van der Waals surface area contributed by atoms with Crippen molar-refractivity contribution in [3.63, 3.8) is 0 Å². The fourth-order valence-electron chi connectivity index (χ4n) is 2.66. The minimum atomic E-state index is -0.736. The first-order valence-electron chi connectivity index (χ1n) is 9.77. The van der Waals surface area contributed by atoms with Crippen LogP contribution in [0, 0.1) is 0 Å². The normalized spacial score (nSPS) is 12.7. The predicted molar refractivity (Wildman–Crippen MR) is 109 cm³/mol. The Bertz CT molecular complexity index is 757. The highest BCUT2D eigenvalue weighted by molar-refractivity contribution is 5.75. The van der Waals surface area contributed by atoms with E-state index in [1.807, 2.05) is 49.4 Å². The minimum Gasteiger partial charge on any atom is -0.479 e. The molecule has 0 aromatic heterocycles. The third kappa shape index (κ3) is 7.58. The summed E-state index contributed by atoms with van der Waals surface area (Å²) in [6, 6.07) is 16.7. The lowest BCUT2D eigenvalue weighted by atomic mass is 10.1. The first-order chi connectivity index (χ1) is 14.0. The Balaban J connectivity index is 1.86. The van der Waals surface area contributed by atoms with Crippen molar-refractivity contribution in [2.75, 3.05) is 13.2 Å². The molecule has 0 saturated heterocycles. The summed E-state index contributed by atoms with van der Waals surface area (Å²) in [5.74, 6) is -0.261. The van der Waals surface area contributed by atoms with Gasteiger partial charge >= 0.3 is 11.9 Å². The lowest BCUT2D eigenvalue weighted by molar-refractivity contribution is -0.156. The van der Waals surface area contributed by atoms with E-state index in [4.69, 9.17) is 18.9 Å². The highest BCUT2D eigenvalue weighted by Crippen LogP contribution is 2.17. The molecule has 2 rings (SSSR count). The molecule has 0 unspecified atom stereocenters. The maximum Gasteiger partial charge on any atom is 0.347 e. The highest BCUT2D eigenvalue weighted by atomic mass is 16.6. The van der Waals surface area contributed by atoms with Gasteiger partial charge in [0, 0.05) is 13.0 Å². The third-order valence-electron chi connectivity index (χ3n) is 4.13. The van der Waals surface area contributed by atoms with Gasteiger partial charge in [-0.1, -0.05) is 42.5 Å². The molecule has 29 heavy (non-hydrogen) atoms. The average Bonchev–Trinajstić information content (AvgIpc) is 2.74. The summed E-state index contributed by atoms with van der Waals surface area (Å²) in [7, 11) is 0. The van der Waals surface area contributed by atoms with Gasteiger partial charge in [0.1, 0.15) is 12.4 Å². The number of carbonyl (C=O) groups is 2. The maximum absolute atomic E-state index is 12.1. The summed E-state index contributed by atoms with van der Waals surface area (Å²) in [4.78, 5) is 24.1. The molecular weight excluding hydrogens is 372 g/mol. The van der Waals surface area contributed by atoms with Crippen molar-refractivity contribution in [3.05, 3.63) is 65.7 Å². The smallest absolute Gasteiger partial charge is 0.347 e. The summed E-state index contributed by atoms with van der Waals surface area (Å²) < 4.78 is 21.5. The van der Waals surface area contributed by atoms with E-state index in [1.165, 1.54) is 0 Å². The monoisotopic (exact) mass is 400 g/mol. The van der Waals surface area contributed by atoms with Gasteiger partial charge in [-0.05, 0) is 44.0 Å². The maximum atomic E-state index is 12.1. The second-order valence-corrected chi connectivity index (χ2v) is 6.40. The second-order valence-electron chi connectivity index (χ2n) is 6.40. The molecule has 0 aliphatic heterocycles. The Labute approximate surface area is 171 Å². The molecule has 0 spiro atoms. The topological polar surface area (TPSA) is 71.1 Å². The van der Waals surface area contributed by atoms with Gasteiger partial charge in [-0.2, -0.15) is 0 Å². The molecule has 0 bridgehead atoms. The largest absolute Gasteiger partial charge is 0.479 e. The van der Waals surface area contributed by atoms with Crippen LogP contribution in [-0.4, -0.2) is 37.4 Å². The van der Waals surface area contributed by atoms with Crippen LogP contribution in [0.3, 0.4) is 0 Å². The van der Waals surface area contributed by atoms with Gasteiger partial charge in [0.25, 0.3) is 0 Å². The molecule has 2 atom stereocenters. The Kier molecular flexibility index (Phi) is 9.18. The molecule has 0 aliphatic carbocycles. The highest BCUT2D eigenvalue weighted by Gasteiger charge is 2.21. The molecule has 2 aromatic rings. The lowest BCUT2D eigenvalue weighted by Crippen LogP contribution is -2.29. The average molecular weight is 400 g/mol. The van der Waals surface area contributed by atoms with E-state index in [-0.39, 0.29) is 12.6 Å². The van der Waals surface area contributed by atoms with Crippen LogP contribution in [0.4, 0.5) is 0 Å². The van der Waals surface area contributed by atoms with Crippen LogP contribution in [0.15, 0.2) is 54.6 Å². The number of carbonyl (C=O) groups excluding carboxylic acids is 2. The van der Waals surface area contributed by atoms with Gasteiger partial charge in [0.15, 0.2) is 12.2 Å². The van der Waals surface area contributed by atoms with Crippen molar-refractivity contribution in [2.24, 2.45) is 0 Å². The number of esters is 2. The SMILES string of the molecule is CCOC(=O)[C@H](Cc1ccc(O[C@H](C)C(=O)OCc2ccccc2)cc1)OCC. The fourth-order valence-corrected chi connectivity index (χ4v) is 2.66. The Morgan fingerprint density at radius 3 is 2.14 bits per heavy atom. The van der Waals surface area contributed by atoms with E-state index >= 15 is 0 Å². The quantitative estimate of drug-likeness (QED) is 0.536. The van der Waals surface area contributed by atoms with Crippen LogP contribution < -0.4 is 4.74 Å². The standard InChI is InChI=1S/C23H28O6/c1-4-26-21(23(25)27-5-2)15-18-11-13-20(14-12-18)29-17(3)22(24)28-16-19-9-7-6-8-10-19/h6-14,17,21H,4-5,15-16H2,1-3H3/t17-,21+/m1/s1. The Morgan fingerprint density at radius 1 is 0.828 bits per heavy atom. The van der Waals surface area contributed by atoms with E-state index < -0.39 is 18.2 Å². The first-order valence-corrected chi connectivity index (χ1v) is 9.77. The molecule has 6 heteroatoms. The molecular formula is C23H28O6. The van der Waals surface area contributed by atoms with Crippen molar-refractivity contribution in [3.8, 4) is 5.75 Å². The van der Waals surface area contributed by atoms with Crippen molar-refractivity contribution in [2.45, 2.75) is 46.0 Å². The molecule has 0 amide bonds. The van der Waals surface area contributed by atoms with Gasteiger partial charge in [-0.15, -0.1) is 0 Å². The number of rotatable bonds is 11. The van der Waals surface area contributed by atoms with Gasteiger partial charge in [0.2, 0.25) is 0 Å². The molecule has 156 valence electrons. The molecule has 0 heterocycles. The van der Waals surface area contributed by atoms with Crippen LogP contribution in [0.1, 0.15) is 31.9 Å². The number of ether oxygens (including phenoxy) is 4. The fraction of sp³-hybridized carbons (Fsp3) is 0.391. The summed E-state index contributed by atoms with van der Waals surface area (Å²) in [5, 5.41) is 0. The first kappa shape index (κ1) is 22.4. The minimum absolute atomic E-state index is 0.207. The number of hydrogen-bond acceptors (Lipinski definition) is 6. The van der Waals surface area contributed by atoms with E-state index in [0.717, 1.165) is 11.1 Å². The second kappa shape index (κ2) is 11.9. The molecule has 0 aliphatic rings.